The molecule has 43 heavy (non-hydrogen) atoms. The molecule has 1 unspecified atom stereocenters. The number of benzene rings is 3. The van der Waals surface area contributed by atoms with Gasteiger partial charge in [0, 0.05) is 41.4 Å². The Kier molecular flexibility index (Phi) is 7.27. The minimum Gasteiger partial charge on any atom is -0.496 e. The first-order valence-electron chi connectivity index (χ1n) is 13.9. The Morgan fingerprint density at radius 1 is 0.977 bits per heavy atom. The lowest BCUT2D eigenvalue weighted by molar-refractivity contribution is -0.115. The molecule has 3 N–H and O–H groups in total. The fourth-order valence-electron chi connectivity index (χ4n) is 6.21. The monoisotopic (exact) mass is 595 g/mol. The third-order valence-corrected chi connectivity index (χ3v) is 8.37. The summed E-state index contributed by atoms with van der Waals surface area (Å²) in [7, 11) is 2.89. The van der Waals surface area contributed by atoms with Crippen molar-refractivity contribution in [1.82, 2.24) is 10.6 Å². The van der Waals surface area contributed by atoms with Gasteiger partial charge in [0.2, 0.25) is 0 Å². The summed E-state index contributed by atoms with van der Waals surface area (Å²) in [5, 5.41) is 8.46. The van der Waals surface area contributed by atoms with E-state index in [1.54, 1.807) is 24.3 Å². The van der Waals surface area contributed by atoms with E-state index in [0.717, 1.165) is 19.3 Å². The van der Waals surface area contributed by atoms with Crippen LogP contribution in [-0.2, 0) is 0 Å². The van der Waals surface area contributed by atoms with Crippen LogP contribution in [0.5, 0.6) is 5.75 Å². The van der Waals surface area contributed by atoms with Crippen LogP contribution >= 0.6 is 0 Å². The van der Waals surface area contributed by atoms with E-state index in [2.05, 4.69) is 16.0 Å². The Labute approximate surface area is 244 Å². The SMILES string of the molecule is CNC(=O)c1c(-c2ccc(F)cc2)oc2cc(NCC(F)(F)F)c(-c3ccc(OC)c(C(=O)NC4CC5CC4C5)c3)cc12. The van der Waals surface area contributed by atoms with Crippen LogP contribution in [0, 0.1) is 17.7 Å². The van der Waals surface area contributed by atoms with Crippen molar-refractivity contribution in [2.75, 3.05) is 26.0 Å². The van der Waals surface area contributed by atoms with Crippen LogP contribution in [0.3, 0.4) is 0 Å². The van der Waals surface area contributed by atoms with Gasteiger partial charge in [-0.1, -0.05) is 6.07 Å². The van der Waals surface area contributed by atoms with E-state index < -0.39 is 24.4 Å². The van der Waals surface area contributed by atoms with E-state index in [-0.39, 0.29) is 40.1 Å². The maximum absolute atomic E-state index is 13.6. The number of rotatable bonds is 8. The highest BCUT2D eigenvalue weighted by Gasteiger charge is 2.45. The summed E-state index contributed by atoms with van der Waals surface area (Å²) in [5.41, 5.74) is 1.78. The van der Waals surface area contributed by atoms with E-state index in [9.17, 15) is 27.2 Å². The number of carbonyl (C=O) groups is 2. The van der Waals surface area contributed by atoms with Gasteiger partial charge < -0.3 is 25.1 Å². The van der Waals surface area contributed by atoms with Gasteiger partial charge in [0.05, 0.1) is 18.2 Å². The Balaban J connectivity index is 1.49. The lowest BCUT2D eigenvalue weighted by atomic mass is 9.84. The number of anilines is 1. The molecule has 4 aromatic rings. The minimum absolute atomic E-state index is 0.0807. The Morgan fingerprint density at radius 2 is 1.70 bits per heavy atom. The zero-order chi connectivity index (χ0) is 30.5. The topological polar surface area (TPSA) is 92.6 Å². The minimum atomic E-state index is -4.52. The molecular formula is C32H29F4N3O4. The van der Waals surface area contributed by atoms with Gasteiger partial charge in [-0.2, -0.15) is 13.2 Å². The van der Waals surface area contributed by atoms with Crippen molar-refractivity contribution in [3.05, 3.63) is 71.5 Å². The zero-order valence-electron chi connectivity index (χ0n) is 23.4. The molecule has 1 aromatic heterocycles. The molecule has 0 aliphatic heterocycles. The fourth-order valence-corrected chi connectivity index (χ4v) is 6.21. The molecule has 0 saturated heterocycles. The van der Waals surface area contributed by atoms with Gasteiger partial charge in [-0.25, -0.2) is 4.39 Å². The molecule has 3 fully saturated rings. The van der Waals surface area contributed by atoms with Crippen molar-refractivity contribution in [1.29, 1.82) is 0 Å². The Bertz CT molecular complexity index is 1710. The predicted molar refractivity (Wildman–Crippen MR) is 154 cm³/mol. The second-order valence-electron chi connectivity index (χ2n) is 11.1. The number of halogens is 4. The number of carbonyl (C=O) groups excluding carboxylic acids is 2. The van der Waals surface area contributed by atoms with Crippen LogP contribution < -0.4 is 20.7 Å². The van der Waals surface area contributed by atoms with Crippen molar-refractivity contribution in [3.63, 3.8) is 0 Å². The molecule has 3 saturated carbocycles. The van der Waals surface area contributed by atoms with Gasteiger partial charge in [-0.15, -0.1) is 0 Å². The van der Waals surface area contributed by atoms with Crippen LogP contribution in [0.2, 0.25) is 0 Å². The number of fused-ring (bicyclic) bond motifs is 2. The second kappa shape index (κ2) is 10.9. The van der Waals surface area contributed by atoms with Crippen molar-refractivity contribution < 1.29 is 36.3 Å². The summed E-state index contributed by atoms with van der Waals surface area (Å²) in [6, 6.07) is 13.2. The highest BCUT2D eigenvalue weighted by atomic mass is 19.4. The molecule has 2 amide bonds. The lowest BCUT2D eigenvalue weighted by Gasteiger charge is -2.25. The fraction of sp³-hybridized carbons (Fsp3) is 0.312. The molecule has 7 rings (SSSR count). The van der Waals surface area contributed by atoms with E-state index in [1.165, 1.54) is 44.5 Å². The smallest absolute Gasteiger partial charge is 0.405 e. The average Bonchev–Trinajstić information content (AvgIpc) is 3.66. The van der Waals surface area contributed by atoms with E-state index >= 15 is 0 Å². The zero-order valence-corrected chi connectivity index (χ0v) is 23.4. The molecule has 1 atom stereocenters. The third kappa shape index (κ3) is 5.51. The van der Waals surface area contributed by atoms with E-state index in [0.29, 0.717) is 39.7 Å². The number of nitrogens with one attached hydrogen (secondary N) is 3. The first-order chi connectivity index (χ1) is 20.5. The van der Waals surface area contributed by atoms with Gasteiger partial charge in [-0.05, 0) is 79.1 Å². The molecule has 3 aromatic carbocycles. The average molecular weight is 596 g/mol. The van der Waals surface area contributed by atoms with Gasteiger partial charge in [0.1, 0.15) is 29.5 Å². The highest BCUT2D eigenvalue weighted by Crippen LogP contribution is 2.48. The molecule has 0 radical (unpaired) electrons. The third-order valence-electron chi connectivity index (χ3n) is 8.37. The van der Waals surface area contributed by atoms with Crippen LogP contribution in [0.25, 0.3) is 33.4 Å². The Hall–Kier alpha value is -4.54. The molecule has 224 valence electrons. The molecule has 0 spiro atoms. The first-order valence-corrected chi connectivity index (χ1v) is 13.9. The second-order valence-corrected chi connectivity index (χ2v) is 11.1. The predicted octanol–water partition coefficient (Wildman–Crippen LogP) is 6.78. The molecule has 11 heteroatoms. The van der Waals surface area contributed by atoms with Crippen molar-refractivity contribution in [2.24, 2.45) is 11.8 Å². The maximum atomic E-state index is 13.6. The Morgan fingerprint density at radius 3 is 2.33 bits per heavy atom. The lowest BCUT2D eigenvalue weighted by Crippen LogP contribution is -2.36. The molecule has 3 aliphatic carbocycles. The van der Waals surface area contributed by atoms with Gasteiger partial charge >= 0.3 is 6.18 Å². The number of amides is 2. The summed E-state index contributed by atoms with van der Waals surface area (Å²) in [6.07, 6.45) is -1.38. The number of hydrogen-bond acceptors (Lipinski definition) is 5. The van der Waals surface area contributed by atoms with Crippen molar-refractivity contribution >= 4 is 28.5 Å². The molecule has 2 bridgehead atoms. The summed E-state index contributed by atoms with van der Waals surface area (Å²) < 4.78 is 65.1. The highest BCUT2D eigenvalue weighted by molar-refractivity contribution is 6.13. The van der Waals surface area contributed by atoms with Gasteiger partial charge in [-0.3, -0.25) is 9.59 Å². The van der Waals surface area contributed by atoms with Crippen LogP contribution in [-0.4, -0.2) is 44.7 Å². The largest absolute Gasteiger partial charge is 0.496 e. The molecule has 1 heterocycles. The number of ether oxygens (including phenoxy) is 1. The molecule has 7 nitrogen and oxygen atoms in total. The number of furan rings is 1. The quantitative estimate of drug-likeness (QED) is 0.196. The molecular weight excluding hydrogens is 566 g/mol. The number of methoxy groups -OCH3 is 1. The number of alkyl halides is 3. The standard InChI is InChI=1S/C32H29F4N3O4/c1-37-31(41)28-22-13-21(18-5-8-26(42-2)23(12-18)30(40)39-24-11-16-9-19(24)10-16)25(38-15-32(34,35)36)14-27(22)43-29(28)17-3-6-20(33)7-4-17/h3-8,12-14,16,19,24,38H,9-11,15H2,1-2H3,(H,37,41)(H,39,40). The van der Waals surface area contributed by atoms with E-state index in [1.807, 2.05) is 0 Å². The summed E-state index contributed by atoms with van der Waals surface area (Å²) >= 11 is 0. The van der Waals surface area contributed by atoms with Crippen molar-refractivity contribution in [3.8, 4) is 28.2 Å². The van der Waals surface area contributed by atoms with Gasteiger partial charge in [0.25, 0.3) is 11.8 Å². The first kappa shape index (κ1) is 28.6. The summed E-state index contributed by atoms with van der Waals surface area (Å²) in [5.74, 6) is 0.264. The van der Waals surface area contributed by atoms with Crippen molar-refractivity contribution in [2.45, 2.75) is 31.5 Å². The number of hydrogen-bond donors (Lipinski definition) is 3. The van der Waals surface area contributed by atoms with Crippen LogP contribution in [0.4, 0.5) is 23.2 Å². The summed E-state index contributed by atoms with van der Waals surface area (Å²) in [4.78, 5) is 26.5. The van der Waals surface area contributed by atoms with Gasteiger partial charge in [0.15, 0.2) is 0 Å². The van der Waals surface area contributed by atoms with Crippen LogP contribution in [0.15, 0.2) is 59.0 Å². The van der Waals surface area contributed by atoms with E-state index in [4.69, 9.17) is 9.15 Å². The summed E-state index contributed by atoms with van der Waals surface area (Å²) in [6.45, 7) is -1.33. The maximum Gasteiger partial charge on any atom is 0.405 e. The molecule has 3 aliphatic rings. The normalized spacial score (nSPS) is 19.2. The van der Waals surface area contributed by atoms with Crippen LogP contribution in [0.1, 0.15) is 40.0 Å².